The van der Waals surface area contributed by atoms with Crippen LogP contribution >= 0.6 is 11.8 Å². The standard InChI is InChI=1S/C13H17NO4S/c1-3-5-10(13(17)18-4-2)19-11-8-9(12(15)16)6-7-14-11/h6-8,10H,3-5H2,1-2H3,(H,15,16). The van der Waals surface area contributed by atoms with Crippen LogP contribution < -0.4 is 0 Å². The van der Waals surface area contributed by atoms with Gasteiger partial charge in [-0.2, -0.15) is 0 Å². The number of pyridine rings is 1. The lowest BCUT2D eigenvalue weighted by atomic mass is 10.2. The molecule has 1 unspecified atom stereocenters. The second kappa shape index (κ2) is 7.78. The Labute approximate surface area is 116 Å². The summed E-state index contributed by atoms with van der Waals surface area (Å²) in [7, 11) is 0. The van der Waals surface area contributed by atoms with Crippen molar-refractivity contribution in [2.24, 2.45) is 0 Å². The number of carboxylic acid groups (broad SMARTS) is 1. The number of rotatable bonds is 7. The lowest BCUT2D eigenvalue weighted by Crippen LogP contribution is -2.20. The van der Waals surface area contributed by atoms with E-state index < -0.39 is 5.97 Å². The van der Waals surface area contributed by atoms with Crippen molar-refractivity contribution < 1.29 is 19.4 Å². The molecule has 0 spiro atoms. The van der Waals surface area contributed by atoms with Crippen LogP contribution in [0.4, 0.5) is 0 Å². The van der Waals surface area contributed by atoms with Gasteiger partial charge in [0.15, 0.2) is 0 Å². The first-order valence-electron chi connectivity index (χ1n) is 6.11. The molecule has 1 aromatic rings. The lowest BCUT2D eigenvalue weighted by Gasteiger charge is -2.13. The first kappa shape index (κ1) is 15.5. The van der Waals surface area contributed by atoms with Crippen molar-refractivity contribution in [2.75, 3.05) is 6.61 Å². The Hall–Kier alpha value is -1.56. The van der Waals surface area contributed by atoms with Gasteiger partial charge in [0.2, 0.25) is 0 Å². The van der Waals surface area contributed by atoms with Crippen LogP contribution in [0.5, 0.6) is 0 Å². The van der Waals surface area contributed by atoms with E-state index in [0.717, 1.165) is 6.42 Å². The SMILES string of the molecule is CCCC(Sc1cc(C(=O)O)ccn1)C(=O)OCC. The minimum absolute atomic E-state index is 0.164. The molecule has 0 saturated heterocycles. The summed E-state index contributed by atoms with van der Waals surface area (Å²) >= 11 is 1.24. The summed E-state index contributed by atoms with van der Waals surface area (Å²) in [6.07, 6.45) is 2.94. The van der Waals surface area contributed by atoms with Crippen LogP contribution in [0.25, 0.3) is 0 Å². The van der Waals surface area contributed by atoms with Gasteiger partial charge < -0.3 is 9.84 Å². The lowest BCUT2D eigenvalue weighted by molar-refractivity contribution is -0.142. The number of aromatic nitrogens is 1. The fraction of sp³-hybridized carbons (Fsp3) is 0.462. The molecule has 0 fully saturated rings. The number of thioether (sulfide) groups is 1. The molecular formula is C13H17NO4S. The summed E-state index contributed by atoms with van der Waals surface area (Å²) in [5, 5.41) is 9.09. The predicted molar refractivity (Wildman–Crippen MR) is 72.4 cm³/mol. The molecule has 0 saturated carbocycles. The molecule has 104 valence electrons. The second-order valence-corrected chi connectivity index (χ2v) is 5.06. The Morgan fingerprint density at radius 1 is 1.47 bits per heavy atom. The molecule has 0 amide bonds. The summed E-state index contributed by atoms with van der Waals surface area (Å²) in [5.41, 5.74) is 0.164. The van der Waals surface area contributed by atoms with E-state index in [0.29, 0.717) is 18.1 Å². The van der Waals surface area contributed by atoms with Crippen molar-refractivity contribution in [3.05, 3.63) is 23.9 Å². The van der Waals surface area contributed by atoms with Crippen molar-refractivity contribution in [1.29, 1.82) is 0 Å². The summed E-state index contributed by atoms with van der Waals surface area (Å²) < 4.78 is 5.00. The fourth-order valence-corrected chi connectivity index (χ4v) is 2.60. The Morgan fingerprint density at radius 3 is 2.79 bits per heavy atom. The van der Waals surface area contributed by atoms with Gasteiger partial charge in [0.1, 0.15) is 5.25 Å². The number of ether oxygens (including phenoxy) is 1. The zero-order valence-electron chi connectivity index (χ0n) is 11.0. The highest BCUT2D eigenvalue weighted by atomic mass is 32.2. The van der Waals surface area contributed by atoms with Crippen LogP contribution in [-0.2, 0) is 9.53 Å². The molecular weight excluding hydrogens is 266 g/mol. The number of hydrogen-bond acceptors (Lipinski definition) is 5. The molecule has 0 radical (unpaired) electrons. The minimum Gasteiger partial charge on any atom is -0.478 e. The topological polar surface area (TPSA) is 76.5 Å². The average Bonchev–Trinajstić information content (AvgIpc) is 2.39. The van der Waals surface area contributed by atoms with Crippen molar-refractivity contribution >= 4 is 23.7 Å². The molecule has 0 bridgehead atoms. The van der Waals surface area contributed by atoms with Gasteiger partial charge in [-0.15, -0.1) is 0 Å². The van der Waals surface area contributed by atoms with Gasteiger partial charge in [-0.25, -0.2) is 9.78 Å². The Balaban J connectivity index is 2.81. The van der Waals surface area contributed by atoms with Crippen LogP contribution in [0.15, 0.2) is 23.4 Å². The molecule has 1 atom stereocenters. The predicted octanol–water partition coefficient (Wildman–Crippen LogP) is 2.60. The van der Waals surface area contributed by atoms with E-state index in [-0.39, 0.29) is 16.8 Å². The van der Waals surface area contributed by atoms with Gasteiger partial charge in [-0.05, 0) is 25.5 Å². The maximum Gasteiger partial charge on any atom is 0.335 e. The number of carbonyl (C=O) groups is 2. The van der Waals surface area contributed by atoms with Crippen LogP contribution in [0.1, 0.15) is 37.0 Å². The molecule has 0 aliphatic heterocycles. The quantitative estimate of drug-likeness (QED) is 0.612. The van der Waals surface area contributed by atoms with Crippen LogP contribution in [0.2, 0.25) is 0 Å². The van der Waals surface area contributed by atoms with E-state index >= 15 is 0 Å². The summed E-state index contributed by atoms with van der Waals surface area (Å²) in [6, 6.07) is 2.89. The Morgan fingerprint density at radius 2 is 2.21 bits per heavy atom. The number of nitrogens with zero attached hydrogens (tertiary/aromatic N) is 1. The van der Waals surface area contributed by atoms with Crippen molar-refractivity contribution in [1.82, 2.24) is 4.98 Å². The highest BCUT2D eigenvalue weighted by Gasteiger charge is 2.21. The number of aromatic carboxylic acids is 1. The molecule has 1 aromatic heterocycles. The highest BCUT2D eigenvalue weighted by Crippen LogP contribution is 2.26. The van der Waals surface area contributed by atoms with Crippen molar-refractivity contribution in [2.45, 2.75) is 37.0 Å². The smallest absolute Gasteiger partial charge is 0.335 e. The molecule has 1 rings (SSSR count). The molecule has 5 nitrogen and oxygen atoms in total. The number of hydrogen-bond donors (Lipinski definition) is 1. The van der Waals surface area contributed by atoms with Crippen LogP contribution in [-0.4, -0.2) is 33.9 Å². The monoisotopic (exact) mass is 283 g/mol. The third-order valence-electron chi connectivity index (χ3n) is 2.35. The van der Waals surface area contributed by atoms with Gasteiger partial charge in [0.25, 0.3) is 0 Å². The zero-order valence-corrected chi connectivity index (χ0v) is 11.8. The summed E-state index contributed by atoms with van der Waals surface area (Å²) in [4.78, 5) is 26.7. The average molecular weight is 283 g/mol. The van der Waals surface area contributed by atoms with Gasteiger partial charge >= 0.3 is 11.9 Å². The van der Waals surface area contributed by atoms with Crippen molar-refractivity contribution in [3.63, 3.8) is 0 Å². The molecule has 1 N–H and O–H groups in total. The molecule has 19 heavy (non-hydrogen) atoms. The first-order valence-corrected chi connectivity index (χ1v) is 6.99. The Kier molecular flexibility index (Phi) is 6.35. The molecule has 0 aliphatic rings. The van der Waals surface area contributed by atoms with Crippen LogP contribution in [0.3, 0.4) is 0 Å². The van der Waals surface area contributed by atoms with Gasteiger partial charge in [0, 0.05) is 6.20 Å². The highest BCUT2D eigenvalue weighted by molar-refractivity contribution is 8.00. The third kappa shape index (κ3) is 4.90. The normalized spacial score (nSPS) is 11.9. The second-order valence-electron chi connectivity index (χ2n) is 3.84. The number of carboxylic acids is 1. The maximum absolute atomic E-state index is 11.8. The summed E-state index contributed by atoms with van der Waals surface area (Å²) in [5.74, 6) is -1.29. The van der Waals surface area contributed by atoms with Crippen molar-refractivity contribution in [3.8, 4) is 0 Å². The molecule has 0 aliphatic carbocycles. The number of esters is 1. The zero-order chi connectivity index (χ0) is 14.3. The Bertz CT molecular complexity index is 450. The molecule has 6 heteroatoms. The third-order valence-corrected chi connectivity index (χ3v) is 3.52. The maximum atomic E-state index is 11.8. The molecule has 1 heterocycles. The van der Waals surface area contributed by atoms with Gasteiger partial charge in [-0.1, -0.05) is 25.1 Å². The van der Waals surface area contributed by atoms with E-state index in [1.807, 2.05) is 6.92 Å². The fourth-order valence-electron chi connectivity index (χ4n) is 1.47. The van der Waals surface area contributed by atoms with E-state index in [9.17, 15) is 9.59 Å². The van der Waals surface area contributed by atoms with Gasteiger partial charge in [-0.3, -0.25) is 4.79 Å². The largest absolute Gasteiger partial charge is 0.478 e. The number of carbonyl (C=O) groups excluding carboxylic acids is 1. The van der Waals surface area contributed by atoms with Gasteiger partial charge in [0.05, 0.1) is 17.2 Å². The van der Waals surface area contributed by atoms with E-state index in [1.54, 1.807) is 6.92 Å². The first-order chi connectivity index (χ1) is 9.08. The molecule has 0 aromatic carbocycles. The van der Waals surface area contributed by atoms with E-state index in [1.165, 1.54) is 30.1 Å². The van der Waals surface area contributed by atoms with E-state index in [4.69, 9.17) is 9.84 Å². The van der Waals surface area contributed by atoms with E-state index in [2.05, 4.69) is 4.98 Å². The van der Waals surface area contributed by atoms with Crippen LogP contribution in [0, 0.1) is 0 Å². The summed E-state index contributed by atoms with van der Waals surface area (Å²) in [6.45, 7) is 4.07. The minimum atomic E-state index is -1.01.